The molecule has 2 aromatic carbocycles. The molecule has 4 heteroatoms. The Kier molecular flexibility index (Phi) is 2.97. The van der Waals surface area contributed by atoms with Crippen molar-refractivity contribution in [3.63, 3.8) is 0 Å². The lowest BCUT2D eigenvalue weighted by atomic mass is 10.1. The second-order valence-corrected chi connectivity index (χ2v) is 6.11. The first-order chi connectivity index (χ1) is 8.75. The zero-order valence-electron chi connectivity index (χ0n) is 9.64. The molecule has 1 heterocycles. The second kappa shape index (κ2) is 4.63. The van der Waals surface area contributed by atoms with Crippen LogP contribution in [0.3, 0.4) is 0 Å². The van der Waals surface area contributed by atoms with Crippen molar-refractivity contribution < 1.29 is 0 Å². The van der Waals surface area contributed by atoms with Crippen molar-refractivity contribution >= 4 is 48.4 Å². The summed E-state index contributed by atoms with van der Waals surface area (Å²) in [4.78, 5) is 0. The largest absolute Gasteiger partial charge is 0.379 e. The molecule has 0 aliphatic rings. The lowest BCUT2D eigenvalue weighted by Crippen LogP contribution is -2.03. The normalized spacial score (nSPS) is 11.1. The number of thioether (sulfide) groups is 1. The molecule has 1 aromatic heterocycles. The molecule has 0 unspecified atom stereocenters. The molecule has 3 rings (SSSR count). The van der Waals surface area contributed by atoms with E-state index in [1.165, 1.54) is 37.5 Å². The van der Waals surface area contributed by atoms with Crippen molar-refractivity contribution in [3.05, 3.63) is 48.0 Å². The smallest absolute Gasteiger partial charge is 0.151 e. The highest BCUT2D eigenvalue weighted by Crippen LogP contribution is 2.36. The van der Waals surface area contributed by atoms with E-state index in [4.69, 9.17) is 11.1 Å². The molecule has 0 aliphatic heterocycles. The van der Waals surface area contributed by atoms with Gasteiger partial charge in [-0.05, 0) is 11.6 Å². The summed E-state index contributed by atoms with van der Waals surface area (Å²) in [6.45, 7) is 0. The van der Waals surface area contributed by atoms with E-state index >= 15 is 0 Å². The minimum Gasteiger partial charge on any atom is -0.379 e. The van der Waals surface area contributed by atoms with Gasteiger partial charge in [0.2, 0.25) is 0 Å². The standard InChI is InChI=1S/C14H12N2S2/c15-14(16)17-8-9-4-3-6-11-10-5-1-2-7-12(10)18-13(9)11/h1-7H,8H2,(H3,15,16). The highest BCUT2D eigenvalue weighted by molar-refractivity contribution is 8.13. The lowest BCUT2D eigenvalue weighted by Gasteiger charge is -2.01. The van der Waals surface area contributed by atoms with Crippen LogP contribution in [0.25, 0.3) is 20.2 Å². The van der Waals surface area contributed by atoms with Gasteiger partial charge in [-0.15, -0.1) is 11.3 Å². The van der Waals surface area contributed by atoms with Crippen LogP contribution in [0.4, 0.5) is 0 Å². The molecule has 0 atom stereocenters. The van der Waals surface area contributed by atoms with Crippen LogP contribution in [0, 0.1) is 5.41 Å². The molecule has 0 amide bonds. The van der Waals surface area contributed by atoms with Gasteiger partial charge in [0.05, 0.1) is 0 Å². The van der Waals surface area contributed by atoms with Gasteiger partial charge in [-0.3, -0.25) is 5.41 Å². The summed E-state index contributed by atoms with van der Waals surface area (Å²) in [5.41, 5.74) is 6.67. The highest BCUT2D eigenvalue weighted by atomic mass is 32.2. The summed E-state index contributed by atoms with van der Waals surface area (Å²) < 4.78 is 2.63. The number of hydrogen-bond acceptors (Lipinski definition) is 3. The Bertz CT molecular complexity index is 731. The fourth-order valence-corrected chi connectivity index (χ4v) is 3.93. The first-order valence-electron chi connectivity index (χ1n) is 5.61. The maximum Gasteiger partial charge on any atom is 0.151 e. The van der Waals surface area contributed by atoms with Gasteiger partial charge in [-0.25, -0.2) is 0 Å². The molecule has 0 fully saturated rings. The Hall–Kier alpha value is -1.52. The molecular weight excluding hydrogens is 260 g/mol. The zero-order chi connectivity index (χ0) is 12.5. The summed E-state index contributed by atoms with van der Waals surface area (Å²) in [5.74, 6) is 0.763. The predicted molar refractivity (Wildman–Crippen MR) is 82.5 cm³/mol. The Morgan fingerprint density at radius 2 is 1.89 bits per heavy atom. The number of hydrogen-bond donors (Lipinski definition) is 2. The van der Waals surface area contributed by atoms with E-state index in [9.17, 15) is 0 Å². The van der Waals surface area contributed by atoms with Crippen molar-refractivity contribution in [2.24, 2.45) is 5.73 Å². The summed E-state index contributed by atoms with van der Waals surface area (Å²) in [6.07, 6.45) is 0. The molecule has 90 valence electrons. The molecule has 3 aromatic rings. The van der Waals surface area contributed by atoms with E-state index in [0.29, 0.717) is 0 Å². The molecule has 18 heavy (non-hydrogen) atoms. The van der Waals surface area contributed by atoms with Gasteiger partial charge in [-0.1, -0.05) is 48.2 Å². The third kappa shape index (κ3) is 1.98. The number of nitrogens with two attached hydrogens (primary N) is 1. The van der Waals surface area contributed by atoms with E-state index in [2.05, 4.69) is 42.5 Å². The second-order valence-electron chi connectivity index (χ2n) is 4.04. The topological polar surface area (TPSA) is 49.9 Å². The van der Waals surface area contributed by atoms with Crippen LogP contribution in [0.15, 0.2) is 42.5 Å². The van der Waals surface area contributed by atoms with Crippen LogP contribution in [0.5, 0.6) is 0 Å². The third-order valence-electron chi connectivity index (χ3n) is 2.87. The molecule has 2 nitrogen and oxygen atoms in total. The summed E-state index contributed by atoms with van der Waals surface area (Å²) >= 11 is 3.19. The average molecular weight is 272 g/mol. The molecule has 0 radical (unpaired) electrons. The third-order valence-corrected chi connectivity index (χ3v) is 4.90. The van der Waals surface area contributed by atoms with E-state index in [1.54, 1.807) is 0 Å². The summed E-state index contributed by atoms with van der Waals surface area (Å²) in [7, 11) is 0. The molecule has 0 bridgehead atoms. The number of fused-ring (bicyclic) bond motifs is 3. The molecule has 3 N–H and O–H groups in total. The van der Waals surface area contributed by atoms with Crippen molar-refractivity contribution in [2.45, 2.75) is 5.75 Å². The van der Waals surface area contributed by atoms with Gasteiger partial charge in [-0.2, -0.15) is 0 Å². The van der Waals surface area contributed by atoms with Gasteiger partial charge >= 0.3 is 0 Å². The van der Waals surface area contributed by atoms with Gasteiger partial charge in [0.25, 0.3) is 0 Å². The molecule has 0 saturated heterocycles. The first kappa shape index (κ1) is 11.6. The fraction of sp³-hybridized carbons (Fsp3) is 0.0714. The first-order valence-corrected chi connectivity index (χ1v) is 7.42. The summed E-state index contributed by atoms with van der Waals surface area (Å²) in [6, 6.07) is 14.8. The van der Waals surface area contributed by atoms with Crippen LogP contribution < -0.4 is 5.73 Å². The van der Waals surface area contributed by atoms with Crippen molar-refractivity contribution in [1.82, 2.24) is 0 Å². The summed E-state index contributed by atoms with van der Waals surface area (Å²) in [5, 5.41) is 10.1. The molecule has 0 saturated carbocycles. The predicted octanol–water partition coefficient (Wildman–Crippen LogP) is 4.18. The number of benzene rings is 2. The van der Waals surface area contributed by atoms with Crippen molar-refractivity contribution in [1.29, 1.82) is 5.41 Å². The van der Waals surface area contributed by atoms with Gasteiger partial charge in [0, 0.05) is 25.9 Å². The maximum absolute atomic E-state index is 7.30. The maximum atomic E-state index is 7.30. The zero-order valence-corrected chi connectivity index (χ0v) is 11.3. The minimum atomic E-state index is 0.174. The van der Waals surface area contributed by atoms with E-state index in [0.717, 1.165) is 5.75 Å². The van der Waals surface area contributed by atoms with Gasteiger partial charge in [0.15, 0.2) is 5.17 Å². The Morgan fingerprint density at radius 1 is 1.11 bits per heavy atom. The Morgan fingerprint density at radius 3 is 2.72 bits per heavy atom. The van der Waals surface area contributed by atoms with Crippen LogP contribution in [0.2, 0.25) is 0 Å². The van der Waals surface area contributed by atoms with Crippen molar-refractivity contribution in [2.75, 3.05) is 0 Å². The number of amidine groups is 1. The minimum absolute atomic E-state index is 0.174. The quantitative estimate of drug-likeness (QED) is 0.543. The monoisotopic (exact) mass is 272 g/mol. The van der Waals surface area contributed by atoms with E-state index < -0.39 is 0 Å². The van der Waals surface area contributed by atoms with Crippen molar-refractivity contribution in [3.8, 4) is 0 Å². The van der Waals surface area contributed by atoms with Gasteiger partial charge in [0.1, 0.15) is 0 Å². The number of nitrogens with one attached hydrogen (secondary N) is 1. The van der Waals surface area contributed by atoms with Crippen LogP contribution >= 0.6 is 23.1 Å². The van der Waals surface area contributed by atoms with Crippen LogP contribution in [0.1, 0.15) is 5.56 Å². The Balaban J connectivity index is 2.18. The molecular formula is C14H12N2S2. The SMILES string of the molecule is N=C(N)SCc1cccc2c1sc1ccccc12. The highest BCUT2D eigenvalue weighted by Gasteiger charge is 2.08. The van der Waals surface area contributed by atoms with Gasteiger partial charge < -0.3 is 5.73 Å². The van der Waals surface area contributed by atoms with Crippen LogP contribution in [-0.4, -0.2) is 5.17 Å². The number of rotatable bonds is 2. The fourth-order valence-electron chi connectivity index (χ4n) is 2.07. The van der Waals surface area contributed by atoms with E-state index in [1.807, 2.05) is 11.3 Å². The van der Waals surface area contributed by atoms with E-state index in [-0.39, 0.29) is 5.17 Å². The molecule has 0 spiro atoms. The number of thiophene rings is 1. The lowest BCUT2D eigenvalue weighted by molar-refractivity contribution is 1.47. The molecule has 0 aliphatic carbocycles. The Labute approximate surface area is 113 Å². The average Bonchev–Trinajstić information content (AvgIpc) is 2.75. The van der Waals surface area contributed by atoms with Crippen LogP contribution in [-0.2, 0) is 5.75 Å².